The van der Waals surface area contributed by atoms with E-state index in [4.69, 9.17) is 9.47 Å². The average Bonchev–Trinajstić information content (AvgIpc) is 2.75. The first kappa shape index (κ1) is 20.8. The van der Waals surface area contributed by atoms with E-state index in [0.29, 0.717) is 22.6 Å². The number of halogens is 1. The van der Waals surface area contributed by atoms with Crippen molar-refractivity contribution in [2.45, 2.75) is 6.54 Å². The molecule has 30 heavy (non-hydrogen) atoms. The van der Waals surface area contributed by atoms with Gasteiger partial charge in [-0.15, -0.1) is 0 Å². The van der Waals surface area contributed by atoms with Crippen molar-refractivity contribution >= 4 is 5.91 Å². The minimum absolute atomic E-state index is 0.00521. The number of ether oxygens (including phenoxy) is 2. The molecule has 0 saturated heterocycles. The normalized spacial score (nSPS) is 10.5. The Morgan fingerprint density at radius 3 is 2.30 bits per heavy atom. The molecular weight excluding hydrogens is 393 g/mol. The fourth-order valence-electron chi connectivity index (χ4n) is 2.94. The minimum atomic E-state index is -0.883. The number of methoxy groups -OCH3 is 2. The van der Waals surface area contributed by atoms with Gasteiger partial charge in [0.1, 0.15) is 28.7 Å². The molecule has 0 fully saturated rings. The maximum absolute atomic E-state index is 13.1. The monoisotopic (exact) mass is 413 g/mol. The van der Waals surface area contributed by atoms with E-state index in [9.17, 15) is 19.1 Å². The lowest BCUT2D eigenvalue weighted by Crippen LogP contribution is -2.29. The summed E-state index contributed by atoms with van der Waals surface area (Å²) in [6.07, 6.45) is 0. The van der Waals surface area contributed by atoms with E-state index in [-0.39, 0.29) is 12.4 Å². The van der Waals surface area contributed by atoms with Crippen LogP contribution in [0.3, 0.4) is 0 Å². The molecule has 0 aliphatic rings. The lowest BCUT2D eigenvalue weighted by Gasteiger charge is -2.18. The van der Waals surface area contributed by atoms with E-state index in [0.717, 1.165) is 0 Å². The van der Waals surface area contributed by atoms with Crippen LogP contribution in [0.2, 0.25) is 0 Å². The fourth-order valence-corrected chi connectivity index (χ4v) is 2.94. The third-order valence-electron chi connectivity index (χ3n) is 4.44. The summed E-state index contributed by atoms with van der Waals surface area (Å²) < 4.78 is 23.7. The maximum Gasteiger partial charge on any atom is 0.294 e. The van der Waals surface area contributed by atoms with Gasteiger partial charge in [0.05, 0.1) is 14.2 Å². The van der Waals surface area contributed by atoms with Crippen molar-refractivity contribution in [3.8, 4) is 28.6 Å². The van der Waals surface area contributed by atoms with Crippen molar-refractivity contribution in [2.75, 3.05) is 21.3 Å². The predicted molar refractivity (Wildman–Crippen MR) is 107 cm³/mol. The topological polar surface area (TPSA) is 105 Å². The second-order valence-corrected chi connectivity index (χ2v) is 6.44. The van der Waals surface area contributed by atoms with Gasteiger partial charge in [0.25, 0.3) is 11.5 Å². The average molecular weight is 413 g/mol. The summed E-state index contributed by atoms with van der Waals surface area (Å²) in [5.74, 6) is -1.15. The Morgan fingerprint density at radius 2 is 1.73 bits per heavy atom. The zero-order valence-corrected chi connectivity index (χ0v) is 16.6. The van der Waals surface area contributed by atoms with Crippen LogP contribution in [0, 0.1) is 5.82 Å². The number of benzene rings is 2. The first-order chi connectivity index (χ1) is 14.3. The SMILES string of the molecule is COc1cccc(OC)c1-c1nc(C(=O)N(C)Cc2ccc(F)cc2)c(O)c(=O)[nH]1. The first-order valence-electron chi connectivity index (χ1n) is 8.90. The van der Waals surface area contributed by atoms with Crippen molar-refractivity contribution in [2.24, 2.45) is 0 Å². The predicted octanol–water partition coefficient (Wildman–Crippen LogP) is 2.57. The molecule has 156 valence electrons. The minimum Gasteiger partial charge on any atom is -0.501 e. The third kappa shape index (κ3) is 4.09. The molecule has 0 spiro atoms. The van der Waals surface area contributed by atoms with Crippen LogP contribution >= 0.6 is 0 Å². The number of carbonyl (C=O) groups is 1. The van der Waals surface area contributed by atoms with Crippen molar-refractivity contribution in [1.29, 1.82) is 0 Å². The Kier molecular flexibility index (Phi) is 6.01. The molecule has 3 aromatic rings. The summed E-state index contributed by atoms with van der Waals surface area (Å²) in [7, 11) is 4.37. The van der Waals surface area contributed by atoms with Crippen LogP contribution in [0.4, 0.5) is 4.39 Å². The van der Waals surface area contributed by atoms with E-state index in [1.807, 2.05) is 0 Å². The van der Waals surface area contributed by atoms with E-state index in [1.54, 1.807) is 18.2 Å². The van der Waals surface area contributed by atoms with Gasteiger partial charge in [-0.1, -0.05) is 18.2 Å². The molecule has 2 aromatic carbocycles. The highest BCUT2D eigenvalue weighted by atomic mass is 19.1. The number of carbonyl (C=O) groups excluding carboxylic acids is 1. The largest absolute Gasteiger partial charge is 0.501 e. The Balaban J connectivity index is 2.03. The number of hydrogen-bond donors (Lipinski definition) is 2. The lowest BCUT2D eigenvalue weighted by atomic mass is 10.1. The molecule has 0 unspecified atom stereocenters. The Hall–Kier alpha value is -3.88. The third-order valence-corrected chi connectivity index (χ3v) is 4.44. The highest BCUT2D eigenvalue weighted by molar-refractivity contribution is 5.95. The van der Waals surface area contributed by atoms with E-state index in [2.05, 4.69) is 9.97 Å². The number of nitrogens with zero attached hydrogens (tertiary/aromatic N) is 2. The standard InChI is InChI=1S/C21H20FN3O5/c1-25(11-12-7-9-13(22)10-8-12)21(28)17-18(26)20(27)24-19(23-17)16-14(29-2)5-4-6-15(16)30-3/h4-10,26H,11H2,1-3H3,(H,23,24,27). The van der Waals surface area contributed by atoms with Crippen LogP contribution in [0.1, 0.15) is 16.1 Å². The highest BCUT2D eigenvalue weighted by Gasteiger charge is 2.24. The number of H-pyrrole nitrogens is 1. The lowest BCUT2D eigenvalue weighted by molar-refractivity contribution is 0.0775. The molecule has 1 aromatic heterocycles. The summed E-state index contributed by atoms with van der Waals surface area (Å²) in [5, 5.41) is 10.2. The first-order valence-corrected chi connectivity index (χ1v) is 8.90. The van der Waals surface area contributed by atoms with Gasteiger partial charge in [-0.05, 0) is 29.8 Å². The molecule has 9 heteroatoms. The molecule has 1 heterocycles. The highest BCUT2D eigenvalue weighted by Crippen LogP contribution is 2.36. The van der Waals surface area contributed by atoms with Crippen LogP contribution in [0.5, 0.6) is 17.2 Å². The summed E-state index contributed by atoms with van der Waals surface area (Å²) in [4.78, 5) is 33.1. The second kappa shape index (κ2) is 8.64. The van der Waals surface area contributed by atoms with E-state index >= 15 is 0 Å². The Bertz CT molecular complexity index is 1110. The van der Waals surface area contributed by atoms with Crippen LogP contribution < -0.4 is 15.0 Å². The Morgan fingerprint density at radius 1 is 1.13 bits per heavy atom. The number of amides is 1. The molecule has 3 rings (SSSR count). The van der Waals surface area contributed by atoms with Gasteiger partial charge in [-0.3, -0.25) is 9.59 Å². The number of aromatic nitrogens is 2. The van der Waals surface area contributed by atoms with Gasteiger partial charge in [0, 0.05) is 13.6 Å². The van der Waals surface area contributed by atoms with Crippen molar-refractivity contribution < 1.29 is 23.8 Å². The fraction of sp³-hybridized carbons (Fsp3) is 0.190. The van der Waals surface area contributed by atoms with Gasteiger partial charge < -0.3 is 24.5 Å². The van der Waals surface area contributed by atoms with E-state index in [1.165, 1.54) is 50.4 Å². The van der Waals surface area contributed by atoms with E-state index < -0.39 is 28.7 Å². The van der Waals surface area contributed by atoms with Gasteiger partial charge in [-0.25, -0.2) is 9.37 Å². The number of nitrogens with one attached hydrogen (secondary N) is 1. The van der Waals surface area contributed by atoms with Gasteiger partial charge in [0.15, 0.2) is 5.69 Å². The molecule has 0 radical (unpaired) electrons. The molecule has 0 aliphatic heterocycles. The smallest absolute Gasteiger partial charge is 0.294 e. The van der Waals surface area contributed by atoms with Gasteiger partial charge in [-0.2, -0.15) is 0 Å². The molecule has 0 atom stereocenters. The summed E-state index contributed by atoms with van der Waals surface area (Å²) in [5.41, 5.74) is -0.309. The van der Waals surface area contributed by atoms with Gasteiger partial charge in [0.2, 0.25) is 5.75 Å². The molecular formula is C21H20FN3O5. The zero-order valence-electron chi connectivity index (χ0n) is 16.6. The maximum atomic E-state index is 13.1. The van der Waals surface area contributed by atoms with Crippen molar-refractivity contribution in [3.05, 3.63) is 69.9 Å². The van der Waals surface area contributed by atoms with Gasteiger partial charge >= 0.3 is 0 Å². The molecule has 8 nitrogen and oxygen atoms in total. The number of rotatable bonds is 6. The van der Waals surface area contributed by atoms with Crippen LogP contribution in [-0.2, 0) is 6.54 Å². The van der Waals surface area contributed by atoms with Crippen LogP contribution in [-0.4, -0.2) is 47.1 Å². The number of aromatic hydroxyl groups is 1. The van der Waals surface area contributed by atoms with Crippen molar-refractivity contribution in [3.63, 3.8) is 0 Å². The van der Waals surface area contributed by atoms with Crippen LogP contribution in [0.15, 0.2) is 47.3 Å². The quantitative estimate of drug-likeness (QED) is 0.644. The molecule has 0 aliphatic carbocycles. The molecule has 1 amide bonds. The number of hydrogen-bond acceptors (Lipinski definition) is 6. The second-order valence-electron chi connectivity index (χ2n) is 6.44. The Labute approximate surface area is 171 Å². The van der Waals surface area contributed by atoms with Crippen molar-refractivity contribution in [1.82, 2.24) is 14.9 Å². The van der Waals surface area contributed by atoms with Crippen LogP contribution in [0.25, 0.3) is 11.4 Å². The molecule has 2 N–H and O–H groups in total. The molecule has 0 bridgehead atoms. The zero-order chi connectivity index (χ0) is 21.8. The number of aromatic amines is 1. The summed E-state index contributed by atoms with van der Waals surface area (Å²) >= 11 is 0. The summed E-state index contributed by atoms with van der Waals surface area (Å²) in [6.45, 7) is 0.125. The molecule has 0 saturated carbocycles. The summed E-state index contributed by atoms with van der Waals surface area (Å²) in [6, 6.07) is 10.6.